The molecule has 0 spiro atoms. The Kier molecular flexibility index (Phi) is 5.59. The molecule has 0 unspecified atom stereocenters. The molecule has 0 atom stereocenters. The molecule has 126 valence electrons. The van der Waals surface area contributed by atoms with E-state index in [9.17, 15) is 9.59 Å². The molecule has 1 aromatic carbocycles. The number of anilines is 1. The van der Waals surface area contributed by atoms with E-state index in [0.717, 1.165) is 25.0 Å². The van der Waals surface area contributed by atoms with Crippen molar-refractivity contribution < 1.29 is 9.59 Å². The van der Waals surface area contributed by atoms with Gasteiger partial charge in [-0.2, -0.15) is 0 Å². The second kappa shape index (κ2) is 8.06. The molecule has 3 rings (SSSR count). The summed E-state index contributed by atoms with van der Waals surface area (Å²) < 4.78 is 0. The van der Waals surface area contributed by atoms with Crippen molar-refractivity contribution in [1.29, 1.82) is 0 Å². The highest BCUT2D eigenvalue weighted by Crippen LogP contribution is 2.28. The number of aromatic nitrogens is 1. The maximum Gasteiger partial charge on any atom is 0.251 e. The lowest BCUT2D eigenvalue weighted by molar-refractivity contribution is -0.115. The van der Waals surface area contributed by atoms with Crippen LogP contribution in [0.15, 0.2) is 30.3 Å². The maximum atomic E-state index is 12.0. The van der Waals surface area contributed by atoms with Gasteiger partial charge in [-0.1, -0.05) is 31.0 Å². The average molecular weight is 343 g/mol. The molecule has 0 radical (unpaired) electrons. The Balaban J connectivity index is 1.53. The van der Waals surface area contributed by atoms with E-state index < -0.39 is 0 Å². The lowest BCUT2D eigenvalue weighted by Gasteiger charge is -2.06. The first-order chi connectivity index (χ1) is 11.7. The van der Waals surface area contributed by atoms with Gasteiger partial charge in [-0.05, 0) is 37.8 Å². The monoisotopic (exact) mass is 343 g/mol. The van der Waals surface area contributed by atoms with E-state index in [1.165, 1.54) is 24.1 Å². The van der Waals surface area contributed by atoms with Gasteiger partial charge in [-0.25, -0.2) is 4.98 Å². The summed E-state index contributed by atoms with van der Waals surface area (Å²) in [6, 6.07) is 8.86. The quantitative estimate of drug-likeness (QED) is 0.896. The molecule has 2 N–H and O–H groups in total. The van der Waals surface area contributed by atoms with Gasteiger partial charge in [0.25, 0.3) is 5.91 Å². The zero-order chi connectivity index (χ0) is 16.8. The van der Waals surface area contributed by atoms with E-state index in [2.05, 4.69) is 15.6 Å². The summed E-state index contributed by atoms with van der Waals surface area (Å²) in [5.74, 6) is -0.502. The van der Waals surface area contributed by atoms with Crippen LogP contribution in [0.25, 0.3) is 0 Å². The van der Waals surface area contributed by atoms with Crippen LogP contribution in [0.5, 0.6) is 0 Å². The Hall–Kier alpha value is -2.21. The SMILES string of the molecule is O=C(CNC(=O)c1ccccc1)Nc1nc2c(s1)CCCCCC2. The van der Waals surface area contributed by atoms with Crippen molar-refractivity contribution in [2.75, 3.05) is 11.9 Å². The van der Waals surface area contributed by atoms with Crippen LogP contribution < -0.4 is 10.6 Å². The smallest absolute Gasteiger partial charge is 0.251 e. The molecule has 1 aliphatic rings. The summed E-state index contributed by atoms with van der Waals surface area (Å²) in [5.41, 5.74) is 1.67. The van der Waals surface area contributed by atoms with E-state index >= 15 is 0 Å². The zero-order valence-electron chi connectivity index (χ0n) is 13.5. The van der Waals surface area contributed by atoms with Crippen LogP contribution in [0.2, 0.25) is 0 Å². The Morgan fingerprint density at radius 2 is 1.79 bits per heavy atom. The predicted molar refractivity (Wildman–Crippen MR) is 95.4 cm³/mol. The minimum Gasteiger partial charge on any atom is -0.343 e. The Morgan fingerprint density at radius 1 is 1.04 bits per heavy atom. The van der Waals surface area contributed by atoms with Crippen LogP contribution in [0.3, 0.4) is 0 Å². The molecule has 5 nitrogen and oxygen atoms in total. The third kappa shape index (κ3) is 4.41. The number of nitrogens with one attached hydrogen (secondary N) is 2. The number of carbonyl (C=O) groups excluding carboxylic acids is 2. The van der Waals surface area contributed by atoms with Crippen LogP contribution in [-0.2, 0) is 17.6 Å². The Bertz CT molecular complexity index is 687. The van der Waals surface area contributed by atoms with E-state index in [4.69, 9.17) is 0 Å². The molecule has 2 amide bonds. The molecule has 6 heteroatoms. The number of benzene rings is 1. The second-order valence-electron chi connectivity index (χ2n) is 5.90. The van der Waals surface area contributed by atoms with Gasteiger partial charge < -0.3 is 10.6 Å². The number of thiazole rings is 1. The molecule has 1 aliphatic carbocycles. The standard InChI is InChI=1S/C18H21N3O2S/c22-16(12-19-17(23)13-8-4-3-5-9-13)21-18-20-14-10-6-1-2-7-11-15(14)24-18/h3-5,8-9H,1-2,6-7,10-12H2,(H,19,23)(H,20,21,22). The molecule has 2 aromatic rings. The minimum atomic E-state index is -0.253. The third-order valence-electron chi connectivity index (χ3n) is 4.04. The number of amides is 2. The number of nitrogens with zero attached hydrogens (tertiary/aromatic N) is 1. The van der Waals surface area contributed by atoms with Crippen LogP contribution >= 0.6 is 11.3 Å². The molecule has 0 bridgehead atoms. The first-order valence-electron chi connectivity index (χ1n) is 8.34. The van der Waals surface area contributed by atoms with Gasteiger partial charge in [0, 0.05) is 10.4 Å². The minimum absolute atomic E-state index is 0.0576. The molecule has 1 aromatic heterocycles. The molecular weight excluding hydrogens is 322 g/mol. The van der Waals surface area contributed by atoms with Gasteiger partial charge in [0.2, 0.25) is 5.91 Å². The fourth-order valence-corrected chi connectivity index (χ4v) is 3.84. The highest BCUT2D eigenvalue weighted by molar-refractivity contribution is 7.15. The van der Waals surface area contributed by atoms with E-state index in [1.54, 1.807) is 35.6 Å². The second-order valence-corrected chi connectivity index (χ2v) is 6.98. The first-order valence-corrected chi connectivity index (χ1v) is 9.16. The topological polar surface area (TPSA) is 71.1 Å². The van der Waals surface area contributed by atoms with Crippen LogP contribution in [0.4, 0.5) is 5.13 Å². The zero-order valence-corrected chi connectivity index (χ0v) is 14.3. The number of rotatable bonds is 4. The third-order valence-corrected chi connectivity index (χ3v) is 5.11. The van der Waals surface area contributed by atoms with Crippen molar-refractivity contribution >= 4 is 28.3 Å². The number of fused-ring (bicyclic) bond motifs is 1. The average Bonchev–Trinajstić information content (AvgIpc) is 2.94. The summed E-state index contributed by atoms with van der Waals surface area (Å²) in [5, 5.41) is 6.07. The molecule has 24 heavy (non-hydrogen) atoms. The van der Waals surface area contributed by atoms with Crippen molar-refractivity contribution in [2.24, 2.45) is 0 Å². The highest BCUT2D eigenvalue weighted by Gasteiger charge is 2.15. The summed E-state index contributed by atoms with van der Waals surface area (Å²) in [4.78, 5) is 29.8. The maximum absolute atomic E-state index is 12.0. The van der Waals surface area contributed by atoms with Gasteiger partial charge in [-0.15, -0.1) is 11.3 Å². The molecule has 0 saturated carbocycles. The molecule has 0 aliphatic heterocycles. The predicted octanol–water partition coefficient (Wildman–Crippen LogP) is 3.17. The van der Waals surface area contributed by atoms with E-state index in [0.29, 0.717) is 10.7 Å². The van der Waals surface area contributed by atoms with Crippen LogP contribution in [-0.4, -0.2) is 23.3 Å². The summed E-state index contributed by atoms with van der Waals surface area (Å²) in [6.45, 7) is -0.0576. The Labute approximate surface area is 145 Å². The van der Waals surface area contributed by atoms with Crippen molar-refractivity contribution in [2.45, 2.75) is 38.5 Å². The van der Waals surface area contributed by atoms with Gasteiger partial charge in [0.15, 0.2) is 5.13 Å². The molecule has 0 fully saturated rings. The number of carbonyl (C=O) groups is 2. The van der Waals surface area contributed by atoms with E-state index in [1.807, 2.05) is 6.07 Å². The molecule has 0 saturated heterocycles. The van der Waals surface area contributed by atoms with Crippen molar-refractivity contribution in [3.8, 4) is 0 Å². The largest absolute Gasteiger partial charge is 0.343 e. The molecular formula is C18H21N3O2S. The number of aryl methyl sites for hydroxylation is 2. The van der Waals surface area contributed by atoms with Crippen molar-refractivity contribution in [1.82, 2.24) is 10.3 Å². The number of hydrogen-bond donors (Lipinski definition) is 2. The molecule has 1 heterocycles. The van der Waals surface area contributed by atoms with Gasteiger partial charge in [0.1, 0.15) is 0 Å². The summed E-state index contributed by atoms with van der Waals surface area (Å²) >= 11 is 1.56. The Morgan fingerprint density at radius 3 is 2.58 bits per heavy atom. The fourth-order valence-electron chi connectivity index (χ4n) is 2.77. The normalized spacial score (nSPS) is 14.2. The lowest BCUT2D eigenvalue weighted by Crippen LogP contribution is -2.32. The highest BCUT2D eigenvalue weighted by atomic mass is 32.1. The van der Waals surface area contributed by atoms with Gasteiger partial charge >= 0.3 is 0 Å². The van der Waals surface area contributed by atoms with E-state index in [-0.39, 0.29) is 18.4 Å². The number of hydrogen-bond acceptors (Lipinski definition) is 4. The van der Waals surface area contributed by atoms with Gasteiger partial charge in [-0.3, -0.25) is 9.59 Å². The van der Waals surface area contributed by atoms with Gasteiger partial charge in [0.05, 0.1) is 12.2 Å². The summed E-state index contributed by atoms with van der Waals surface area (Å²) in [6.07, 6.45) is 6.92. The summed E-state index contributed by atoms with van der Waals surface area (Å²) in [7, 11) is 0. The van der Waals surface area contributed by atoms with Crippen LogP contribution in [0.1, 0.15) is 46.6 Å². The van der Waals surface area contributed by atoms with Crippen molar-refractivity contribution in [3.05, 3.63) is 46.5 Å². The lowest BCUT2D eigenvalue weighted by atomic mass is 10.0. The fraction of sp³-hybridized carbons (Fsp3) is 0.389. The first kappa shape index (κ1) is 16.6. The van der Waals surface area contributed by atoms with Crippen LogP contribution in [0, 0.1) is 0 Å². The van der Waals surface area contributed by atoms with Crippen molar-refractivity contribution in [3.63, 3.8) is 0 Å².